The molecular weight excluding hydrogens is 384 g/mol. The zero-order chi connectivity index (χ0) is 20.6. The number of fused-ring (bicyclic) bond motifs is 2. The Morgan fingerprint density at radius 1 is 1.03 bits per heavy atom. The average Bonchev–Trinajstić information content (AvgIpc) is 3.29. The molecule has 3 atom stereocenters. The van der Waals surface area contributed by atoms with Gasteiger partial charge in [0.2, 0.25) is 5.91 Å². The summed E-state index contributed by atoms with van der Waals surface area (Å²) in [6.07, 6.45) is 4.63. The van der Waals surface area contributed by atoms with Gasteiger partial charge in [0.25, 0.3) is 10.0 Å². The molecule has 5 nitrogen and oxygen atoms in total. The maximum atomic E-state index is 13.4. The molecule has 154 valence electrons. The van der Waals surface area contributed by atoms with Gasteiger partial charge >= 0.3 is 0 Å². The lowest BCUT2D eigenvalue weighted by molar-refractivity contribution is -0.120. The molecular formula is C23H28N2O3S. The number of nitrogens with one attached hydrogen (secondary N) is 1. The second-order valence-electron chi connectivity index (χ2n) is 8.52. The van der Waals surface area contributed by atoms with Crippen molar-refractivity contribution in [3.8, 4) is 0 Å². The zero-order valence-corrected chi connectivity index (χ0v) is 17.8. The van der Waals surface area contributed by atoms with E-state index in [1.807, 2.05) is 32.0 Å². The van der Waals surface area contributed by atoms with E-state index in [0.717, 1.165) is 17.5 Å². The van der Waals surface area contributed by atoms with E-state index >= 15 is 0 Å². The third-order valence-electron chi connectivity index (χ3n) is 6.20. The summed E-state index contributed by atoms with van der Waals surface area (Å²) in [5.74, 6) is 1.03. The molecule has 2 saturated carbocycles. The molecule has 1 amide bonds. The van der Waals surface area contributed by atoms with Crippen molar-refractivity contribution in [2.45, 2.75) is 50.5 Å². The maximum Gasteiger partial charge on any atom is 0.264 e. The van der Waals surface area contributed by atoms with E-state index < -0.39 is 10.0 Å². The summed E-state index contributed by atoms with van der Waals surface area (Å²) in [6, 6.07) is 14.1. The van der Waals surface area contributed by atoms with Crippen LogP contribution in [-0.2, 0) is 14.8 Å². The van der Waals surface area contributed by atoms with E-state index in [1.54, 1.807) is 30.3 Å². The van der Waals surface area contributed by atoms with Gasteiger partial charge in [0.05, 0.1) is 10.6 Å². The van der Waals surface area contributed by atoms with Crippen molar-refractivity contribution in [2.24, 2.45) is 11.8 Å². The molecule has 4 rings (SSSR count). The Balaban J connectivity index is 1.62. The quantitative estimate of drug-likeness (QED) is 0.785. The number of carbonyl (C=O) groups is 1. The first-order chi connectivity index (χ1) is 13.8. The van der Waals surface area contributed by atoms with Gasteiger partial charge in [-0.05, 0) is 80.3 Å². The first-order valence-corrected chi connectivity index (χ1v) is 11.7. The molecule has 1 N–H and O–H groups in total. The van der Waals surface area contributed by atoms with E-state index in [1.165, 1.54) is 23.6 Å². The highest BCUT2D eigenvalue weighted by Gasteiger charge is 2.40. The molecule has 0 heterocycles. The summed E-state index contributed by atoms with van der Waals surface area (Å²) in [5, 5.41) is 3.12. The maximum absolute atomic E-state index is 13.4. The predicted molar refractivity (Wildman–Crippen MR) is 114 cm³/mol. The normalized spacial score (nSPS) is 23.2. The van der Waals surface area contributed by atoms with Gasteiger partial charge < -0.3 is 5.32 Å². The summed E-state index contributed by atoms with van der Waals surface area (Å²) >= 11 is 0. The predicted octanol–water partition coefficient (Wildman–Crippen LogP) is 3.80. The number of anilines is 1. The Bertz CT molecular complexity index is 984. The lowest BCUT2D eigenvalue weighted by atomic mass is 9.95. The minimum Gasteiger partial charge on any atom is -0.352 e. The summed E-state index contributed by atoms with van der Waals surface area (Å²) in [7, 11) is -3.85. The van der Waals surface area contributed by atoms with Crippen molar-refractivity contribution in [1.29, 1.82) is 0 Å². The number of nitrogens with zero attached hydrogens (tertiary/aromatic N) is 1. The Kier molecular flexibility index (Phi) is 5.38. The number of hydrogen-bond donors (Lipinski definition) is 1. The standard InChI is InChI=1S/C23H28N2O3S/c1-16-10-17(2)12-20(11-16)25(29(27,28)21-6-4-3-5-7-21)15-23(26)24-22-14-18-8-9-19(22)13-18/h3-7,10-12,18-19,22H,8-9,13-15H2,1-2H3,(H,24,26)/t18-,19+,22+/m1/s1. The Morgan fingerprint density at radius 3 is 2.31 bits per heavy atom. The number of amides is 1. The van der Waals surface area contributed by atoms with E-state index in [9.17, 15) is 13.2 Å². The van der Waals surface area contributed by atoms with Crippen LogP contribution in [0.25, 0.3) is 0 Å². The van der Waals surface area contributed by atoms with Crippen LogP contribution in [0.4, 0.5) is 5.69 Å². The Hall–Kier alpha value is -2.34. The summed E-state index contributed by atoms with van der Waals surface area (Å²) in [5.41, 5.74) is 2.44. The third kappa shape index (κ3) is 4.17. The number of sulfonamides is 1. The van der Waals surface area contributed by atoms with Gasteiger partial charge in [-0.3, -0.25) is 9.10 Å². The fourth-order valence-electron chi connectivity index (χ4n) is 4.93. The minimum atomic E-state index is -3.85. The topological polar surface area (TPSA) is 66.5 Å². The molecule has 2 aromatic carbocycles. The van der Waals surface area contributed by atoms with Crippen LogP contribution in [0.15, 0.2) is 53.4 Å². The third-order valence-corrected chi connectivity index (χ3v) is 7.99. The van der Waals surface area contributed by atoms with Crippen LogP contribution in [0.2, 0.25) is 0 Å². The highest BCUT2D eigenvalue weighted by atomic mass is 32.2. The molecule has 2 fully saturated rings. The largest absolute Gasteiger partial charge is 0.352 e. The van der Waals surface area contributed by atoms with E-state index in [0.29, 0.717) is 17.5 Å². The van der Waals surface area contributed by atoms with Gasteiger partial charge in [0, 0.05) is 6.04 Å². The highest BCUT2D eigenvalue weighted by Crippen LogP contribution is 2.44. The van der Waals surface area contributed by atoms with Gasteiger partial charge in [-0.2, -0.15) is 0 Å². The Morgan fingerprint density at radius 2 is 1.72 bits per heavy atom. The number of hydrogen-bond acceptors (Lipinski definition) is 3. The van der Waals surface area contributed by atoms with Crippen molar-refractivity contribution in [2.75, 3.05) is 10.8 Å². The second kappa shape index (κ2) is 7.82. The minimum absolute atomic E-state index is 0.182. The van der Waals surface area contributed by atoms with E-state index in [2.05, 4.69) is 5.32 Å². The Labute approximate surface area is 173 Å². The van der Waals surface area contributed by atoms with Gasteiger partial charge in [0.1, 0.15) is 6.54 Å². The first-order valence-electron chi connectivity index (χ1n) is 10.3. The van der Waals surface area contributed by atoms with Crippen LogP contribution >= 0.6 is 0 Å². The number of rotatable bonds is 6. The van der Waals surface area contributed by atoms with Crippen molar-refractivity contribution >= 4 is 21.6 Å². The fraction of sp³-hybridized carbons (Fsp3) is 0.435. The smallest absolute Gasteiger partial charge is 0.264 e. The molecule has 0 aromatic heterocycles. The molecule has 0 radical (unpaired) electrons. The highest BCUT2D eigenvalue weighted by molar-refractivity contribution is 7.92. The molecule has 0 spiro atoms. The molecule has 2 aromatic rings. The lowest BCUT2D eigenvalue weighted by Crippen LogP contribution is -2.46. The molecule has 0 saturated heterocycles. The van der Waals surface area contributed by atoms with Crippen LogP contribution in [0.3, 0.4) is 0 Å². The molecule has 6 heteroatoms. The van der Waals surface area contributed by atoms with Crippen LogP contribution in [0.5, 0.6) is 0 Å². The molecule has 29 heavy (non-hydrogen) atoms. The fourth-order valence-corrected chi connectivity index (χ4v) is 6.36. The van der Waals surface area contributed by atoms with Gasteiger partial charge in [-0.25, -0.2) is 8.42 Å². The monoisotopic (exact) mass is 412 g/mol. The SMILES string of the molecule is Cc1cc(C)cc(N(CC(=O)N[C@H]2C[C@@H]3CC[C@H]2C3)S(=O)(=O)c2ccccc2)c1. The number of benzene rings is 2. The van der Waals surface area contributed by atoms with Crippen LogP contribution in [0.1, 0.15) is 36.8 Å². The zero-order valence-electron chi connectivity index (χ0n) is 17.0. The molecule has 2 aliphatic rings. The second-order valence-corrected chi connectivity index (χ2v) is 10.4. The van der Waals surface area contributed by atoms with E-state index in [-0.39, 0.29) is 23.4 Å². The summed E-state index contributed by atoms with van der Waals surface area (Å²) < 4.78 is 28.0. The van der Waals surface area contributed by atoms with Crippen LogP contribution in [-0.4, -0.2) is 26.9 Å². The van der Waals surface area contributed by atoms with Crippen molar-refractivity contribution in [3.05, 3.63) is 59.7 Å². The van der Waals surface area contributed by atoms with Gasteiger partial charge in [-0.15, -0.1) is 0 Å². The van der Waals surface area contributed by atoms with Crippen LogP contribution < -0.4 is 9.62 Å². The summed E-state index contributed by atoms with van der Waals surface area (Å²) in [4.78, 5) is 13.1. The van der Waals surface area contributed by atoms with Crippen molar-refractivity contribution < 1.29 is 13.2 Å². The molecule has 2 aliphatic carbocycles. The number of carbonyl (C=O) groups excluding carboxylic acids is 1. The molecule has 0 unspecified atom stereocenters. The first kappa shape index (κ1) is 20.0. The van der Waals surface area contributed by atoms with Gasteiger partial charge in [0.15, 0.2) is 0 Å². The molecule has 2 bridgehead atoms. The lowest BCUT2D eigenvalue weighted by Gasteiger charge is -2.27. The van der Waals surface area contributed by atoms with Crippen molar-refractivity contribution in [1.82, 2.24) is 5.32 Å². The van der Waals surface area contributed by atoms with Crippen molar-refractivity contribution in [3.63, 3.8) is 0 Å². The van der Waals surface area contributed by atoms with E-state index in [4.69, 9.17) is 0 Å². The summed E-state index contributed by atoms with van der Waals surface area (Å²) in [6.45, 7) is 3.65. The molecule has 0 aliphatic heterocycles. The number of aryl methyl sites for hydroxylation is 2. The van der Waals surface area contributed by atoms with Gasteiger partial charge in [-0.1, -0.05) is 30.7 Å². The van der Waals surface area contributed by atoms with Crippen LogP contribution in [0, 0.1) is 25.7 Å². The average molecular weight is 413 g/mol.